The van der Waals surface area contributed by atoms with E-state index >= 15 is 0 Å². The molecule has 1 saturated carbocycles. The van der Waals surface area contributed by atoms with Crippen molar-refractivity contribution in [2.75, 3.05) is 6.61 Å². The highest BCUT2D eigenvalue weighted by Crippen LogP contribution is 2.33. The Balaban J connectivity index is 1.88. The molecule has 3 unspecified atom stereocenters. The molecule has 5 heteroatoms. The molecule has 96 valence electrons. The van der Waals surface area contributed by atoms with Crippen LogP contribution in [-0.4, -0.2) is 35.7 Å². The predicted octanol–water partition coefficient (Wildman–Crippen LogP) is 0.781. The molecule has 0 spiro atoms. The fourth-order valence-corrected chi connectivity index (χ4v) is 2.32. The number of ether oxygens (including phenoxy) is 1. The summed E-state index contributed by atoms with van der Waals surface area (Å²) in [6.07, 6.45) is 3.27. The van der Waals surface area contributed by atoms with Crippen LogP contribution in [0, 0.1) is 11.8 Å². The van der Waals surface area contributed by atoms with Crippen molar-refractivity contribution >= 4 is 11.9 Å². The average Bonchev–Trinajstić information content (AvgIpc) is 3.09. The van der Waals surface area contributed by atoms with Gasteiger partial charge in [-0.1, -0.05) is 0 Å². The predicted molar refractivity (Wildman–Crippen MR) is 60.4 cm³/mol. The molecule has 1 aliphatic carbocycles. The summed E-state index contributed by atoms with van der Waals surface area (Å²) in [6.45, 7) is 2.52. The Morgan fingerprint density at radius 3 is 2.59 bits per heavy atom. The standard InChI is InChI=1S/C12H19NO4/c1-7-6-9(4-5-17-7)11(14)13-10(12(15)16)8-2-3-8/h7-10H,2-6H2,1H3,(H,13,14)(H,15,16). The maximum atomic E-state index is 12.0. The molecule has 5 nitrogen and oxygen atoms in total. The lowest BCUT2D eigenvalue weighted by Gasteiger charge is -2.27. The third-order valence-electron chi connectivity index (χ3n) is 3.51. The lowest BCUT2D eigenvalue weighted by Crippen LogP contribution is -2.46. The molecule has 2 rings (SSSR count). The quantitative estimate of drug-likeness (QED) is 0.762. The van der Waals surface area contributed by atoms with E-state index in [0.29, 0.717) is 19.4 Å². The van der Waals surface area contributed by atoms with Gasteiger partial charge >= 0.3 is 5.97 Å². The third-order valence-corrected chi connectivity index (χ3v) is 3.51. The van der Waals surface area contributed by atoms with E-state index in [2.05, 4.69) is 5.32 Å². The molecule has 1 heterocycles. The van der Waals surface area contributed by atoms with Crippen molar-refractivity contribution in [2.24, 2.45) is 11.8 Å². The molecule has 2 fully saturated rings. The summed E-state index contributed by atoms with van der Waals surface area (Å²) in [5, 5.41) is 11.7. The molecule has 0 radical (unpaired) electrons. The lowest BCUT2D eigenvalue weighted by atomic mass is 9.95. The van der Waals surface area contributed by atoms with Crippen LogP contribution in [-0.2, 0) is 14.3 Å². The Morgan fingerprint density at radius 1 is 1.35 bits per heavy atom. The van der Waals surface area contributed by atoms with Crippen LogP contribution in [0.4, 0.5) is 0 Å². The first-order chi connectivity index (χ1) is 8.08. The van der Waals surface area contributed by atoms with E-state index in [0.717, 1.165) is 12.8 Å². The van der Waals surface area contributed by atoms with E-state index in [1.165, 1.54) is 0 Å². The number of aliphatic carboxylic acids is 1. The summed E-state index contributed by atoms with van der Waals surface area (Å²) in [7, 11) is 0. The van der Waals surface area contributed by atoms with Gasteiger partial charge in [0, 0.05) is 12.5 Å². The number of carbonyl (C=O) groups is 2. The zero-order valence-corrected chi connectivity index (χ0v) is 10.0. The highest BCUT2D eigenvalue weighted by Gasteiger charge is 2.38. The number of carbonyl (C=O) groups excluding carboxylic acids is 1. The second kappa shape index (κ2) is 5.04. The van der Waals surface area contributed by atoms with Crippen LogP contribution in [0.1, 0.15) is 32.6 Å². The lowest BCUT2D eigenvalue weighted by molar-refractivity contribution is -0.144. The third kappa shape index (κ3) is 3.19. The Morgan fingerprint density at radius 2 is 2.06 bits per heavy atom. The van der Waals surface area contributed by atoms with Crippen LogP contribution in [0.25, 0.3) is 0 Å². The van der Waals surface area contributed by atoms with Gasteiger partial charge in [-0.2, -0.15) is 0 Å². The summed E-state index contributed by atoms with van der Waals surface area (Å²) < 4.78 is 5.37. The molecule has 0 bridgehead atoms. The van der Waals surface area contributed by atoms with Gasteiger partial charge in [-0.05, 0) is 38.5 Å². The minimum atomic E-state index is -0.916. The van der Waals surface area contributed by atoms with E-state index in [1.54, 1.807) is 0 Å². The van der Waals surface area contributed by atoms with Crippen molar-refractivity contribution in [1.29, 1.82) is 0 Å². The first kappa shape index (κ1) is 12.4. The SMILES string of the molecule is CC1CC(C(=O)NC(C(=O)O)C2CC2)CCO1. The van der Waals surface area contributed by atoms with Crippen LogP contribution in [0.5, 0.6) is 0 Å². The molecule has 17 heavy (non-hydrogen) atoms. The molecule has 1 saturated heterocycles. The Kier molecular flexibility index (Phi) is 3.66. The first-order valence-electron chi connectivity index (χ1n) is 6.22. The second-order valence-corrected chi connectivity index (χ2v) is 5.06. The number of hydrogen-bond acceptors (Lipinski definition) is 3. The van der Waals surface area contributed by atoms with E-state index in [9.17, 15) is 9.59 Å². The van der Waals surface area contributed by atoms with Crippen LogP contribution in [0.2, 0.25) is 0 Å². The molecule has 0 aromatic heterocycles. The number of carboxylic acids is 1. The van der Waals surface area contributed by atoms with E-state index in [4.69, 9.17) is 9.84 Å². The van der Waals surface area contributed by atoms with Gasteiger partial charge in [0.15, 0.2) is 0 Å². The van der Waals surface area contributed by atoms with Crippen molar-refractivity contribution in [3.8, 4) is 0 Å². The monoisotopic (exact) mass is 241 g/mol. The summed E-state index contributed by atoms with van der Waals surface area (Å²) in [4.78, 5) is 23.0. The van der Waals surface area contributed by atoms with E-state index in [-0.39, 0.29) is 23.8 Å². The largest absolute Gasteiger partial charge is 0.480 e. The highest BCUT2D eigenvalue weighted by atomic mass is 16.5. The summed E-state index contributed by atoms with van der Waals surface area (Å²) >= 11 is 0. The van der Waals surface area contributed by atoms with Gasteiger partial charge in [-0.25, -0.2) is 4.79 Å². The number of amides is 1. The van der Waals surface area contributed by atoms with Crippen LogP contribution < -0.4 is 5.32 Å². The number of nitrogens with one attached hydrogen (secondary N) is 1. The van der Waals surface area contributed by atoms with E-state index < -0.39 is 12.0 Å². The van der Waals surface area contributed by atoms with Gasteiger partial charge in [0.05, 0.1) is 6.10 Å². The molecular formula is C12H19NO4. The maximum Gasteiger partial charge on any atom is 0.326 e. The Labute approximate surface area is 101 Å². The second-order valence-electron chi connectivity index (χ2n) is 5.06. The van der Waals surface area contributed by atoms with Gasteiger partial charge in [0.25, 0.3) is 0 Å². The van der Waals surface area contributed by atoms with Crippen LogP contribution in [0.15, 0.2) is 0 Å². The van der Waals surface area contributed by atoms with Gasteiger partial charge in [-0.3, -0.25) is 4.79 Å². The fraction of sp³-hybridized carbons (Fsp3) is 0.833. The molecule has 1 aliphatic heterocycles. The zero-order chi connectivity index (χ0) is 12.4. The minimum absolute atomic E-state index is 0.0868. The smallest absolute Gasteiger partial charge is 0.326 e. The van der Waals surface area contributed by atoms with Crippen LogP contribution in [0.3, 0.4) is 0 Å². The zero-order valence-electron chi connectivity index (χ0n) is 10.0. The fourth-order valence-electron chi connectivity index (χ4n) is 2.32. The summed E-state index contributed by atoms with van der Waals surface area (Å²) in [5.41, 5.74) is 0. The summed E-state index contributed by atoms with van der Waals surface area (Å²) in [5.74, 6) is -1.01. The van der Waals surface area contributed by atoms with Gasteiger partial charge < -0.3 is 15.2 Å². The van der Waals surface area contributed by atoms with Gasteiger partial charge in [0.2, 0.25) is 5.91 Å². The Bertz CT molecular complexity index is 314. The number of hydrogen-bond donors (Lipinski definition) is 2. The van der Waals surface area contributed by atoms with E-state index in [1.807, 2.05) is 6.92 Å². The number of rotatable bonds is 4. The molecule has 0 aromatic rings. The van der Waals surface area contributed by atoms with Gasteiger partial charge in [-0.15, -0.1) is 0 Å². The molecule has 1 amide bonds. The molecule has 0 aromatic carbocycles. The van der Waals surface area contributed by atoms with Gasteiger partial charge in [0.1, 0.15) is 6.04 Å². The van der Waals surface area contributed by atoms with Crippen molar-refractivity contribution in [3.63, 3.8) is 0 Å². The molecular weight excluding hydrogens is 222 g/mol. The Hall–Kier alpha value is -1.10. The topological polar surface area (TPSA) is 75.6 Å². The van der Waals surface area contributed by atoms with Crippen molar-refractivity contribution in [2.45, 2.75) is 44.8 Å². The molecule has 2 aliphatic rings. The normalized spacial score (nSPS) is 30.6. The average molecular weight is 241 g/mol. The summed E-state index contributed by atoms with van der Waals surface area (Å²) in [6, 6.07) is -0.694. The van der Waals surface area contributed by atoms with Crippen LogP contribution >= 0.6 is 0 Å². The van der Waals surface area contributed by atoms with Crippen molar-refractivity contribution < 1.29 is 19.4 Å². The first-order valence-corrected chi connectivity index (χ1v) is 6.22. The van der Waals surface area contributed by atoms with Crippen molar-refractivity contribution in [3.05, 3.63) is 0 Å². The number of carboxylic acid groups (broad SMARTS) is 1. The molecule has 3 atom stereocenters. The minimum Gasteiger partial charge on any atom is -0.480 e. The highest BCUT2D eigenvalue weighted by molar-refractivity contribution is 5.85. The molecule has 2 N–H and O–H groups in total. The van der Waals surface area contributed by atoms with Crippen molar-refractivity contribution in [1.82, 2.24) is 5.32 Å². The maximum absolute atomic E-state index is 12.0.